The first-order valence-electron chi connectivity index (χ1n) is 3.24. The van der Waals surface area contributed by atoms with Crippen LogP contribution in [0.25, 0.3) is 0 Å². The molecular weight excluding hydrogens is 210 g/mol. The molecular formula is C6H11Cl3S. The molecule has 0 saturated carbocycles. The summed E-state index contributed by atoms with van der Waals surface area (Å²) in [6.45, 7) is 0. The fraction of sp³-hybridized carbons (Fsp3) is 1.00. The van der Waals surface area contributed by atoms with Crippen molar-refractivity contribution in [2.45, 2.75) is 29.5 Å². The highest BCUT2D eigenvalue weighted by atomic mass is 35.6. The van der Waals surface area contributed by atoms with Crippen molar-refractivity contribution >= 4 is 47.4 Å². The number of halogens is 3. The highest BCUT2D eigenvalue weighted by Gasteiger charge is 2.17. The molecule has 0 aliphatic carbocycles. The molecule has 0 heterocycles. The number of rotatable bonds is 4. The van der Waals surface area contributed by atoms with Crippen molar-refractivity contribution in [3.63, 3.8) is 0 Å². The molecule has 10 heavy (non-hydrogen) atoms. The second kappa shape index (κ2) is 5.82. The van der Waals surface area contributed by atoms with Gasteiger partial charge in [-0.2, -0.15) is 12.6 Å². The Labute approximate surface area is 82.6 Å². The Hall–Kier alpha value is 1.22. The van der Waals surface area contributed by atoms with Crippen molar-refractivity contribution in [3.05, 3.63) is 0 Å². The van der Waals surface area contributed by atoms with Gasteiger partial charge in [-0.25, -0.2) is 0 Å². The predicted octanol–water partition coefficient (Wildman–Crippen LogP) is 3.85. The van der Waals surface area contributed by atoms with Crippen LogP contribution in [-0.4, -0.2) is 9.55 Å². The number of thiol groups is 1. The van der Waals surface area contributed by atoms with Gasteiger partial charge in [0, 0.05) is 0 Å². The molecule has 0 nitrogen and oxygen atoms in total. The summed E-state index contributed by atoms with van der Waals surface area (Å²) in [4.78, 5) is 0. The molecule has 0 aliphatic rings. The number of hydrogen-bond acceptors (Lipinski definition) is 1. The lowest BCUT2D eigenvalue weighted by molar-refractivity contribution is 0.681. The van der Waals surface area contributed by atoms with Crippen molar-refractivity contribution in [3.8, 4) is 0 Å². The van der Waals surface area contributed by atoms with E-state index in [1.54, 1.807) is 0 Å². The van der Waals surface area contributed by atoms with Gasteiger partial charge in [0.2, 0.25) is 0 Å². The van der Waals surface area contributed by atoms with Gasteiger partial charge in [0.15, 0.2) is 3.79 Å². The van der Waals surface area contributed by atoms with Crippen LogP contribution in [0.2, 0.25) is 0 Å². The highest BCUT2D eigenvalue weighted by Crippen LogP contribution is 2.31. The van der Waals surface area contributed by atoms with E-state index in [0.717, 1.165) is 25.0 Å². The maximum atomic E-state index is 5.52. The second-order valence-electron chi connectivity index (χ2n) is 2.15. The van der Waals surface area contributed by atoms with E-state index in [0.29, 0.717) is 6.42 Å². The molecule has 62 valence electrons. The van der Waals surface area contributed by atoms with Crippen molar-refractivity contribution in [2.24, 2.45) is 0 Å². The molecule has 0 radical (unpaired) electrons. The lowest BCUT2D eigenvalue weighted by atomic mass is 10.2. The monoisotopic (exact) mass is 220 g/mol. The van der Waals surface area contributed by atoms with Gasteiger partial charge < -0.3 is 0 Å². The summed E-state index contributed by atoms with van der Waals surface area (Å²) in [7, 11) is 0. The summed E-state index contributed by atoms with van der Waals surface area (Å²) in [6.07, 6.45) is 3.81. The molecule has 0 bridgehead atoms. The maximum absolute atomic E-state index is 5.52. The molecule has 0 spiro atoms. The summed E-state index contributed by atoms with van der Waals surface area (Å²) < 4.78 is -1.06. The highest BCUT2D eigenvalue weighted by molar-refractivity contribution is 7.80. The van der Waals surface area contributed by atoms with Crippen molar-refractivity contribution in [1.29, 1.82) is 0 Å². The molecule has 0 aromatic carbocycles. The molecule has 0 aliphatic heterocycles. The molecule has 0 unspecified atom stereocenters. The van der Waals surface area contributed by atoms with E-state index < -0.39 is 3.79 Å². The lowest BCUT2D eigenvalue weighted by Crippen LogP contribution is -2.00. The predicted molar refractivity (Wildman–Crippen MR) is 52.6 cm³/mol. The Balaban J connectivity index is 3.04. The van der Waals surface area contributed by atoms with E-state index in [1.165, 1.54) is 0 Å². The van der Waals surface area contributed by atoms with Gasteiger partial charge in [-0.15, -0.1) is 0 Å². The summed E-state index contributed by atoms with van der Waals surface area (Å²) in [5.41, 5.74) is 0. The van der Waals surface area contributed by atoms with Gasteiger partial charge in [-0.05, 0) is 25.0 Å². The zero-order valence-corrected chi connectivity index (χ0v) is 8.78. The van der Waals surface area contributed by atoms with Crippen molar-refractivity contribution in [2.75, 3.05) is 5.75 Å². The van der Waals surface area contributed by atoms with Crippen LogP contribution < -0.4 is 0 Å². The summed E-state index contributed by atoms with van der Waals surface area (Å²) in [6, 6.07) is 0. The third kappa shape index (κ3) is 9.22. The summed E-state index contributed by atoms with van der Waals surface area (Å²) in [5, 5.41) is 0. The second-order valence-corrected chi connectivity index (χ2v) is 5.11. The molecule has 0 rings (SSSR count). The SMILES string of the molecule is SCCCCCC(Cl)(Cl)Cl. The summed E-state index contributed by atoms with van der Waals surface area (Å²) in [5.74, 6) is 0.917. The fourth-order valence-electron chi connectivity index (χ4n) is 0.614. The Morgan fingerprint density at radius 3 is 2.00 bits per heavy atom. The van der Waals surface area contributed by atoms with Crippen LogP contribution in [0.5, 0.6) is 0 Å². The van der Waals surface area contributed by atoms with Crippen LogP contribution >= 0.6 is 47.4 Å². The third-order valence-electron chi connectivity index (χ3n) is 1.12. The average molecular weight is 222 g/mol. The van der Waals surface area contributed by atoms with Crippen LogP contribution in [0.15, 0.2) is 0 Å². The van der Waals surface area contributed by atoms with Gasteiger partial charge in [0.05, 0.1) is 0 Å². The van der Waals surface area contributed by atoms with Crippen LogP contribution in [0.3, 0.4) is 0 Å². The van der Waals surface area contributed by atoms with Crippen molar-refractivity contribution < 1.29 is 0 Å². The van der Waals surface area contributed by atoms with Crippen LogP contribution in [0.1, 0.15) is 25.7 Å². The molecule has 0 aromatic rings. The Bertz CT molecular complexity index is 79.6. The Kier molecular flexibility index (Phi) is 6.53. The Morgan fingerprint density at radius 1 is 1.00 bits per heavy atom. The van der Waals surface area contributed by atoms with Gasteiger partial charge >= 0.3 is 0 Å². The molecule has 0 amide bonds. The molecule has 0 atom stereocenters. The van der Waals surface area contributed by atoms with Crippen LogP contribution in [0.4, 0.5) is 0 Å². The number of alkyl halides is 3. The molecule has 4 heteroatoms. The molecule has 0 fully saturated rings. The third-order valence-corrected chi connectivity index (χ3v) is 2.00. The van der Waals surface area contributed by atoms with E-state index >= 15 is 0 Å². The standard InChI is InChI=1S/C6H11Cl3S/c7-6(8,9)4-2-1-3-5-10/h10H,1-5H2. The van der Waals surface area contributed by atoms with Gasteiger partial charge in [0.1, 0.15) is 0 Å². The van der Waals surface area contributed by atoms with Crippen molar-refractivity contribution in [1.82, 2.24) is 0 Å². The molecule has 0 N–H and O–H groups in total. The fourth-order valence-corrected chi connectivity index (χ4v) is 1.24. The zero-order chi connectivity index (χ0) is 8.04. The smallest absolute Gasteiger partial charge is 0.179 e. The average Bonchev–Trinajstić information content (AvgIpc) is 1.78. The van der Waals surface area contributed by atoms with Gasteiger partial charge in [-0.3, -0.25) is 0 Å². The van der Waals surface area contributed by atoms with E-state index in [2.05, 4.69) is 12.6 Å². The first-order valence-corrected chi connectivity index (χ1v) is 5.00. The minimum atomic E-state index is -1.06. The van der Waals surface area contributed by atoms with E-state index in [9.17, 15) is 0 Å². The van der Waals surface area contributed by atoms with E-state index in [4.69, 9.17) is 34.8 Å². The zero-order valence-electron chi connectivity index (χ0n) is 5.62. The maximum Gasteiger partial charge on any atom is 0.190 e. The van der Waals surface area contributed by atoms with Crippen LogP contribution in [-0.2, 0) is 0 Å². The quantitative estimate of drug-likeness (QED) is 0.416. The first kappa shape index (κ1) is 11.2. The largest absolute Gasteiger partial charge is 0.190 e. The minimum absolute atomic E-state index is 0.644. The first-order chi connectivity index (χ1) is 4.56. The lowest BCUT2D eigenvalue weighted by Gasteiger charge is -2.08. The van der Waals surface area contributed by atoms with E-state index in [1.807, 2.05) is 0 Å². The normalized spacial score (nSPS) is 12.0. The van der Waals surface area contributed by atoms with Crippen LogP contribution in [0, 0.1) is 0 Å². The Morgan fingerprint density at radius 2 is 1.60 bits per heavy atom. The number of unbranched alkanes of at least 4 members (excludes halogenated alkanes) is 2. The topological polar surface area (TPSA) is 0 Å². The summed E-state index contributed by atoms with van der Waals surface area (Å²) >= 11 is 20.6. The number of hydrogen-bond donors (Lipinski definition) is 1. The van der Waals surface area contributed by atoms with E-state index in [-0.39, 0.29) is 0 Å². The molecule has 0 aromatic heterocycles. The van der Waals surface area contributed by atoms with Gasteiger partial charge in [0.25, 0.3) is 0 Å². The minimum Gasteiger partial charge on any atom is -0.179 e. The molecule has 0 saturated heterocycles. The van der Waals surface area contributed by atoms with Gasteiger partial charge in [-0.1, -0.05) is 41.2 Å².